The summed E-state index contributed by atoms with van der Waals surface area (Å²) in [7, 11) is 1.79. The van der Waals surface area contributed by atoms with E-state index in [1.165, 1.54) is 5.69 Å². The van der Waals surface area contributed by atoms with E-state index in [0.717, 1.165) is 31.6 Å². The molecule has 2 rings (SSSR count). The van der Waals surface area contributed by atoms with E-state index < -0.39 is 6.10 Å². The van der Waals surface area contributed by atoms with Crippen molar-refractivity contribution in [1.82, 2.24) is 0 Å². The number of hydrogen-bond donors (Lipinski definition) is 2. The van der Waals surface area contributed by atoms with Gasteiger partial charge in [-0.3, -0.25) is 0 Å². The largest absolute Gasteiger partial charge is 0.390 e. The second-order valence-corrected chi connectivity index (χ2v) is 5.47. The number of aliphatic hydroxyl groups excluding tert-OH is 1. The number of nitrogens with one attached hydrogen (secondary N) is 1. The van der Waals surface area contributed by atoms with E-state index >= 15 is 0 Å². The van der Waals surface area contributed by atoms with Crippen LogP contribution >= 0.6 is 11.6 Å². The molecule has 0 aliphatic carbocycles. The van der Waals surface area contributed by atoms with Gasteiger partial charge in [-0.05, 0) is 37.1 Å². The molecule has 1 unspecified atom stereocenters. The van der Waals surface area contributed by atoms with E-state index in [2.05, 4.69) is 22.3 Å². The Morgan fingerprint density at radius 3 is 2.55 bits per heavy atom. The van der Waals surface area contributed by atoms with Gasteiger partial charge in [0.2, 0.25) is 0 Å². The molecule has 1 aromatic rings. The Labute approximate surface area is 125 Å². The lowest BCUT2D eigenvalue weighted by Crippen LogP contribution is -2.36. The van der Waals surface area contributed by atoms with Crippen molar-refractivity contribution in [3.05, 3.63) is 24.3 Å². The van der Waals surface area contributed by atoms with E-state index in [9.17, 15) is 5.11 Å². The third-order valence-electron chi connectivity index (χ3n) is 3.73. The van der Waals surface area contributed by atoms with Gasteiger partial charge in [-0.25, -0.2) is 0 Å². The van der Waals surface area contributed by atoms with Gasteiger partial charge in [0.1, 0.15) is 0 Å². The Bertz CT molecular complexity index is 391. The first kappa shape index (κ1) is 15.4. The van der Waals surface area contributed by atoms with Gasteiger partial charge in [-0.15, -0.1) is 11.6 Å². The third-order valence-corrected chi connectivity index (χ3v) is 4.08. The van der Waals surface area contributed by atoms with Crippen LogP contribution in [0.25, 0.3) is 0 Å². The summed E-state index contributed by atoms with van der Waals surface area (Å²) in [4.78, 5) is 2.38. The maximum absolute atomic E-state index is 9.41. The number of methoxy groups -OCH3 is 1. The average Bonchev–Trinajstić information content (AvgIpc) is 2.53. The molecule has 0 amide bonds. The number of alkyl halides is 1. The zero-order valence-electron chi connectivity index (χ0n) is 11.9. The summed E-state index contributed by atoms with van der Waals surface area (Å²) < 4.78 is 5.39. The Hall–Kier alpha value is -0.970. The number of piperidine rings is 1. The van der Waals surface area contributed by atoms with Crippen LogP contribution in [0, 0.1) is 0 Å². The van der Waals surface area contributed by atoms with E-state index in [0.29, 0.717) is 12.6 Å². The molecule has 1 atom stereocenters. The Morgan fingerprint density at radius 1 is 1.35 bits per heavy atom. The fraction of sp³-hybridized carbons (Fsp3) is 0.600. The fourth-order valence-electron chi connectivity index (χ4n) is 2.43. The molecule has 0 saturated carbocycles. The molecule has 0 aromatic heterocycles. The lowest BCUT2D eigenvalue weighted by atomic mass is 10.1. The first-order chi connectivity index (χ1) is 9.72. The maximum atomic E-state index is 9.41. The smallest absolute Gasteiger partial charge is 0.0847 e. The van der Waals surface area contributed by atoms with Crippen molar-refractivity contribution in [1.29, 1.82) is 0 Å². The predicted molar refractivity (Wildman–Crippen MR) is 83.9 cm³/mol. The first-order valence-corrected chi connectivity index (χ1v) is 7.62. The molecule has 1 aliphatic rings. The molecular formula is C15H23ClN2O2. The molecule has 4 nitrogen and oxygen atoms in total. The first-order valence-electron chi connectivity index (χ1n) is 7.08. The standard InChI is InChI=1S/C15H23ClN2O2/c1-20-15-6-8-18(9-7-15)13-4-2-12(3-5-13)17-11-14(19)10-16/h2-5,14-15,17,19H,6-11H2,1H3. The molecule has 20 heavy (non-hydrogen) atoms. The topological polar surface area (TPSA) is 44.7 Å². The Morgan fingerprint density at radius 2 is 2.00 bits per heavy atom. The highest BCUT2D eigenvalue weighted by molar-refractivity contribution is 6.18. The van der Waals surface area contributed by atoms with Crippen LogP contribution in [0.4, 0.5) is 11.4 Å². The highest BCUT2D eigenvalue weighted by atomic mass is 35.5. The molecule has 5 heteroatoms. The predicted octanol–water partition coefficient (Wildman–Crippen LogP) is 2.31. The minimum absolute atomic E-state index is 0.250. The Balaban J connectivity index is 1.85. The summed E-state index contributed by atoms with van der Waals surface area (Å²) in [6.07, 6.45) is 2.06. The minimum atomic E-state index is -0.510. The van der Waals surface area contributed by atoms with Gasteiger partial charge in [-0.2, -0.15) is 0 Å². The van der Waals surface area contributed by atoms with Gasteiger partial charge in [0.25, 0.3) is 0 Å². The van der Waals surface area contributed by atoms with Crippen LogP contribution in [0.1, 0.15) is 12.8 Å². The lowest BCUT2D eigenvalue weighted by molar-refractivity contribution is 0.0819. The van der Waals surface area contributed by atoms with Crippen molar-refractivity contribution in [2.75, 3.05) is 42.8 Å². The highest BCUT2D eigenvalue weighted by Crippen LogP contribution is 2.22. The third kappa shape index (κ3) is 4.27. The monoisotopic (exact) mass is 298 g/mol. The Kier molecular flexibility index (Phi) is 5.95. The van der Waals surface area contributed by atoms with Crippen LogP contribution in [-0.2, 0) is 4.74 Å². The number of aliphatic hydroxyl groups is 1. The van der Waals surface area contributed by atoms with Crippen molar-refractivity contribution >= 4 is 23.0 Å². The van der Waals surface area contributed by atoms with Gasteiger partial charge >= 0.3 is 0 Å². The molecule has 0 bridgehead atoms. The van der Waals surface area contributed by atoms with Gasteiger partial charge < -0.3 is 20.1 Å². The molecular weight excluding hydrogens is 276 g/mol. The van der Waals surface area contributed by atoms with Gasteiger partial charge in [-0.1, -0.05) is 0 Å². The van der Waals surface area contributed by atoms with Crippen LogP contribution in [0.3, 0.4) is 0 Å². The quantitative estimate of drug-likeness (QED) is 0.791. The van der Waals surface area contributed by atoms with Gasteiger partial charge in [0.05, 0.1) is 18.1 Å². The van der Waals surface area contributed by atoms with Gasteiger partial charge in [0.15, 0.2) is 0 Å². The number of anilines is 2. The SMILES string of the molecule is COC1CCN(c2ccc(NCC(O)CCl)cc2)CC1. The van der Waals surface area contributed by atoms with Gasteiger partial charge in [0, 0.05) is 38.1 Å². The van der Waals surface area contributed by atoms with Crippen molar-refractivity contribution in [2.45, 2.75) is 25.0 Å². The summed E-state index contributed by atoms with van der Waals surface area (Å²) in [6, 6.07) is 8.31. The van der Waals surface area contributed by atoms with E-state index in [1.54, 1.807) is 7.11 Å². The lowest BCUT2D eigenvalue weighted by Gasteiger charge is -2.33. The number of halogens is 1. The number of nitrogens with zero attached hydrogens (tertiary/aromatic N) is 1. The number of rotatable bonds is 6. The molecule has 0 radical (unpaired) electrons. The van der Waals surface area contributed by atoms with Crippen molar-refractivity contribution in [3.8, 4) is 0 Å². The average molecular weight is 299 g/mol. The molecule has 1 aromatic carbocycles. The number of hydrogen-bond acceptors (Lipinski definition) is 4. The van der Waals surface area contributed by atoms with Crippen molar-refractivity contribution < 1.29 is 9.84 Å². The summed E-state index contributed by atoms with van der Waals surface area (Å²) in [5, 5.41) is 12.6. The van der Waals surface area contributed by atoms with Crippen LogP contribution in [0.15, 0.2) is 24.3 Å². The molecule has 0 spiro atoms. The molecule has 1 aliphatic heterocycles. The zero-order valence-corrected chi connectivity index (χ0v) is 12.6. The molecule has 1 heterocycles. The molecule has 112 valence electrons. The maximum Gasteiger partial charge on any atom is 0.0847 e. The van der Waals surface area contributed by atoms with Crippen molar-refractivity contribution in [3.63, 3.8) is 0 Å². The zero-order chi connectivity index (χ0) is 14.4. The molecule has 2 N–H and O–H groups in total. The normalized spacial score (nSPS) is 18.1. The minimum Gasteiger partial charge on any atom is -0.390 e. The summed E-state index contributed by atoms with van der Waals surface area (Å²) in [5.74, 6) is 0.250. The number of benzene rings is 1. The number of ether oxygens (including phenoxy) is 1. The summed E-state index contributed by atoms with van der Waals surface area (Å²) in [5.41, 5.74) is 2.24. The summed E-state index contributed by atoms with van der Waals surface area (Å²) in [6.45, 7) is 2.55. The fourth-order valence-corrected chi connectivity index (χ4v) is 2.54. The van der Waals surface area contributed by atoms with Crippen LogP contribution in [0.5, 0.6) is 0 Å². The summed E-state index contributed by atoms with van der Waals surface area (Å²) >= 11 is 5.56. The van der Waals surface area contributed by atoms with E-state index in [1.807, 2.05) is 12.1 Å². The second kappa shape index (κ2) is 7.72. The molecule has 1 fully saturated rings. The van der Waals surface area contributed by atoms with Crippen LogP contribution in [0.2, 0.25) is 0 Å². The van der Waals surface area contributed by atoms with Crippen molar-refractivity contribution in [2.24, 2.45) is 0 Å². The van der Waals surface area contributed by atoms with E-state index in [4.69, 9.17) is 16.3 Å². The second-order valence-electron chi connectivity index (χ2n) is 5.16. The highest BCUT2D eigenvalue weighted by Gasteiger charge is 2.18. The van der Waals surface area contributed by atoms with Crippen LogP contribution < -0.4 is 10.2 Å². The molecule has 1 saturated heterocycles. The van der Waals surface area contributed by atoms with E-state index in [-0.39, 0.29) is 5.88 Å². The van der Waals surface area contributed by atoms with Crippen LogP contribution in [-0.4, -0.2) is 49.9 Å².